The van der Waals surface area contributed by atoms with Gasteiger partial charge in [0.05, 0.1) is 17.7 Å². The highest BCUT2D eigenvalue weighted by atomic mass is 32.2. The minimum atomic E-state index is -3.74. The quantitative estimate of drug-likeness (QED) is 0.272. The molecule has 0 radical (unpaired) electrons. The number of aryl methyl sites for hydroxylation is 1. The van der Waals surface area contributed by atoms with Crippen molar-refractivity contribution in [2.75, 3.05) is 6.61 Å². The molecule has 0 N–H and O–H groups in total. The number of nitrogens with zero attached hydrogens (tertiary/aromatic N) is 2. The first-order valence-corrected chi connectivity index (χ1v) is 11.1. The maximum Gasteiger partial charge on any atom is 0.264 e. The van der Waals surface area contributed by atoms with Crippen LogP contribution in [-0.4, -0.2) is 25.5 Å². The van der Waals surface area contributed by atoms with Crippen LogP contribution < -0.4 is 0 Å². The zero-order valence-corrected chi connectivity index (χ0v) is 17.9. The van der Waals surface area contributed by atoms with Crippen molar-refractivity contribution in [3.05, 3.63) is 114 Å². The molecule has 31 heavy (non-hydrogen) atoms. The first-order valence-electron chi connectivity index (χ1n) is 9.65. The SMILES string of the molecule is Cc1ccc(S(=O)(=O)N(/C=C/CO/N=C/c2ccc(F)cc2)Cc2ccccc2)cc1. The van der Waals surface area contributed by atoms with Crippen LogP contribution in [0.4, 0.5) is 4.39 Å². The monoisotopic (exact) mass is 438 g/mol. The van der Waals surface area contributed by atoms with Gasteiger partial charge in [-0.1, -0.05) is 65.3 Å². The Labute approximate surface area is 182 Å². The Kier molecular flexibility index (Phi) is 7.56. The molecule has 0 aromatic heterocycles. The van der Waals surface area contributed by atoms with Gasteiger partial charge in [0.2, 0.25) is 0 Å². The van der Waals surface area contributed by atoms with Crippen LogP contribution in [0.5, 0.6) is 0 Å². The van der Waals surface area contributed by atoms with E-state index >= 15 is 0 Å². The van der Waals surface area contributed by atoms with E-state index in [0.29, 0.717) is 5.56 Å². The lowest BCUT2D eigenvalue weighted by Crippen LogP contribution is -2.25. The summed E-state index contributed by atoms with van der Waals surface area (Å²) in [4.78, 5) is 5.39. The van der Waals surface area contributed by atoms with E-state index < -0.39 is 10.0 Å². The topological polar surface area (TPSA) is 59.0 Å². The number of rotatable bonds is 9. The molecule has 0 aliphatic heterocycles. The molecule has 0 saturated carbocycles. The van der Waals surface area contributed by atoms with Crippen LogP contribution in [0.3, 0.4) is 0 Å². The van der Waals surface area contributed by atoms with E-state index in [4.69, 9.17) is 4.84 Å². The summed E-state index contributed by atoms with van der Waals surface area (Å²) in [7, 11) is -3.74. The lowest BCUT2D eigenvalue weighted by Gasteiger charge is -2.21. The second kappa shape index (κ2) is 10.5. The van der Waals surface area contributed by atoms with Crippen molar-refractivity contribution in [2.45, 2.75) is 18.4 Å². The van der Waals surface area contributed by atoms with Gasteiger partial charge in [0, 0.05) is 6.20 Å². The smallest absolute Gasteiger partial charge is 0.264 e. The summed E-state index contributed by atoms with van der Waals surface area (Å²) in [6, 6.07) is 21.9. The van der Waals surface area contributed by atoms with E-state index in [9.17, 15) is 12.8 Å². The normalized spacial score (nSPS) is 11.8. The van der Waals surface area contributed by atoms with E-state index in [2.05, 4.69) is 5.16 Å². The molecule has 160 valence electrons. The minimum Gasteiger partial charge on any atom is -0.391 e. The molecule has 0 aliphatic rings. The van der Waals surface area contributed by atoms with E-state index in [-0.39, 0.29) is 23.9 Å². The third kappa shape index (κ3) is 6.52. The summed E-state index contributed by atoms with van der Waals surface area (Å²) < 4.78 is 40.5. The highest BCUT2D eigenvalue weighted by molar-refractivity contribution is 7.89. The van der Waals surface area contributed by atoms with Crippen molar-refractivity contribution >= 4 is 16.2 Å². The number of benzene rings is 3. The van der Waals surface area contributed by atoms with Gasteiger partial charge in [-0.15, -0.1) is 0 Å². The van der Waals surface area contributed by atoms with Crippen molar-refractivity contribution in [1.29, 1.82) is 0 Å². The molecule has 0 heterocycles. The third-order valence-corrected chi connectivity index (χ3v) is 6.13. The van der Waals surface area contributed by atoms with Gasteiger partial charge in [-0.25, -0.2) is 12.8 Å². The molecular weight excluding hydrogens is 415 g/mol. The van der Waals surface area contributed by atoms with Crippen molar-refractivity contribution in [3.8, 4) is 0 Å². The van der Waals surface area contributed by atoms with E-state index in [1.807, 2.05) is 37.3 Å². The molecule has 3 aromatic rings. The molecule has 7 heteroatoms. The molecule has 3 aromatic carbocycles. The Bertz CT molecular complexity index is 1130. The molecule has 5 nitrogen and oxygen atoms in total. The summed E-state index contributed by atoms with van der Waals surface area (Å²) in [6.45, 7) is 2.17. The van der Waals surface area contributed by atoms with Crippen molar-refractivity contribution in [3.63, 3.8) is 0 Å². The lowest BCUT2D eigenvalue weighted by molar-refractivity contribution is 0.176. The predicted molar refractivity (Wildman–Crippen MR) is 119 cm³/mol. The predicted octanol–water partition coefficient (Wildman–Crippen LogP) is 4.89. The zero-order chi connectivity index (χ0) is 22.1. The Morgan fingerprint density at radius 2 is 1.65 bits per heavy atom. The van der Waals surface area contributed by atoms with Crippen molar-refractivity contribution in [2.24, 2.45) is 5.16 Å². The average molecular weight is 439 g/mol. The molecule has 0 saturated heterocycles. The fourth-order valence-corrected chi connectivity index (χ4v) is 4.04. The molecule has 0 fully saturated rings. The first-order chi connectivity index (χ1) is 14.9. The van der Waals surface area contributed by atoms with Gasteiger partial charge in [0.15, 0.2) is 0 Å². The molecule has 0 bridgehead atoms. The Morgan fingerprint density at radius 3 is 2.32 bits per heavy atom. The fraction of sp³-hybridized carbons (Fsp3) is 0.125. The van der Waals surface area contributed by atoms with E-state index in [1.165, 1.54) is 28.9 Å². The Balaban J connectivity index is 1.70. The molecular formula is C24H23FN2O3S. The minimum absolute atomic E-state index is 0.0758. The van der Waals surface area contributed by atoms with Gasteiger partial charge in [-0.3, -0.25) is 4.31 Å². The second-order valence-corrected chi connectivity index (χ2v) is 8.71. The van der Waals surface area contributed by atoms with Crippen LogP contribution in [0.15, 0.2) is 101 Å². The molecule has 0 atom stereocenters. The number of hydrogen-bond donors (Lipinski definition) is 0. The largest absolute Gasteiger partial charge is 0.391 e. The van der Waals surface area contributed by atoms with Gasteiger partial charge < -0.3 is 4.84 Å². The Morgan fingerprint density at radius 1 is 0.968 bits per heavy atom. The molecule has 0 unspecified atom stereocenters. The third-order valence-electron chi connectivity index (χ3n) is 4.40. The molecule has 3 rings (SSSR count). The van der Waals surface area contributed by atoms with Crippen LogP contribution in [0.1, 0.15) is 16.7 Å². The molecule has 0 aliphatic carbocycles. The number of hydrogen-bond acceptors (Lipinski definition) is 4. The average Bonchev–Trinajstić information content (AvgIpc) is 2.77. The van der Waals surface area contributed by atoms with Crippen LogP contribution >= 0.6 is 0 Å². The van der Waals surface area contributed by atoms with Crippen LogP contribution in [0.2, 0.25) is 0 Å². The second-order valence-electron chi connectivity index (χ2n) is 6.82. The lowest BCUT2D eigenvalue weighted by atomic mass is 10.2. The standard InChI is InChI=1S/C24H23FN2O3S/c1-20-8-14-24(15-9-20)31(28,29)27(19-22-6-3-2-4-7-22)16-5-17-30-26-18-21-10-12-23(25)13-11-21/h2-16,18H,17,19H2,1H3/b16-5+,26-18+. The Hall–Kier alpha value is -3.45. The van der Waals surface area contributed by atoms with E-state index in [1.54, 1.807) is 42.5 Å². The maximum atomic E-state index is 13.2. The summed E-state index contributed by atoms with van der Waals surface area (Å²) in [5.41, 5.74) is 2.53. The maximum absolute atomic E-state index is 13.2. The van der Waals surface area contributed by atoms with Gasteiger partial charge in [0.1, 0.15) is 12.4 Å². The summed E-state index contributed by atoms with van der Waals surface area (Å²) in [5.74, 6) is -0.325. The summed E-state index contributed by atoms with van der Waals surface area (Å²) >= 11 is 0. The van der Waals surface area contributed by atoms with Crippen LogP contribution in [-0.2, 0) is 21.4 Å². The number of halogens is 1. The summed E-state index contributed by atoms with van der Waals surface area (Å²) in [6.07, 6.45) is 4.52. The molecule has 0 spiro atoms. The van der Waals surface area contributed by atoms with Gasteiger partial charge in [-0.2, -0.15) is 0 Å². The highest BCUT2D eigenvalue weighted by Gasteiger charge is 2.21. The fourth-order valence-electron chi connectivity index (χ4n) is 2.72. The number of sulfonamides is 1. The highest BCUT2D eigenvalue weighted by Crippen LogP contribution is 2.19. The van der Waals surface area contributed by atoms with Crippen molar-refractivity contribution < 1.29 is 17.6 Å². The first kappa shape index (κ1) is 22.2. The van der Waals surface area contributed by atoms with Gasteiger partial charge in [0.25, 0.3) is 10.0 Å². The van der Waals surface area contributed by atoms with Gasteiger partial charge in [-0.05, 0) is 48.4 Å². The van der Waals surface area contributed by atoms with Crippen LogP contribution in [0.25, 0.3) is 0 Å². The molecule has 0 amide bonds. The zero-order valence-electron chi connectivity index (χ0n) is 17.1. The number of oxime groups is 1. The summed E-state index contributed by atoms with van der Waals surface area (Å²) in [5, 5.41) is 3.82. The van der Waals surface area contributed by atoms with E-state index in [0.717, 1.165) is 11.1 Å². The van der Waals surface area contributed by atoms with Crippen LogP contribution in [0, 0.1) is 12.7 Å². The van der Waals surface area contributed by atoms with Crippen molar-refractivity contribution in [1.82, 2.24) is 4.31 Å². The van der Waals surface area contributed by atoms with Gasteiger partial charge >= 0.3 is 0 Å².